The van der Waals surface area contributed by atoms with Gasteiger partial charge in [0, 0.05) is 0 Å². The van der Waals surface area contributed by atoms with Gasteiger partial charge >= 0.3 is 5.97 Å². The van der Waals surface area contributed by atoms with Gasteiger partial charge in [0.2, 0.25) is 0 Å². The van der Waals surface area contributed by atoms with Gasteiger partial charge in [0.05, 0.1) is 35.1 Å². The summed E-state index contributed by atoms with van der Waals surface area (Å²) in [7, 11) is 1.30. The van der Waals surface area contributed by atoms with E-state index in [0.29, 0.717) is 0 Å². The van der Waals surface area contributed by atoms with Crippen molar-refractivity contribution in [3.63, 3.8) is 0 Å². The fraction of sp³-hybridized carbons (Fsp3) is 0.500. The summed E-state index contributed by atoms with van der Waals surface area (Å²) < 4.78 is 5.59. The quantitative estimate of drug-likeness (QED) is 0.592. The standard InChI is InChI=1S/C10H11ClN2O2S2/c1-15-9(14)4-3-5-8(6(11)7(4)12)17-10(13-5)16-2/h3,5-6,8,12H,1-2H3. The van der Waals surface area contributed by atoms with Crippen LogP contribution in [0, 0.1) is 5.41 Å². The molecule has 0 amide bonds. The minimum atomic E-state index is -0.517. The molecule has 0 spiro atoms. The van der Waals surface area contributed by atoms with Gasteiger partial charge in [-0.3, -0.25) is 4.99 Å². The van der Waals surface area contributed by atoms with Crippen molar-refractivity contribution in [2.45, 2.75) is 16.7 Å². The molecule has 4 nitrogen and oxygen atoms in total. The van der Waals surface area contributed by atoms with Crippen LogP contribution in [-0.4, -0.2) is 46.1 Å². The van der Waals surface area contributed by atoms with E-state index in [-0.39, 0.29) is 22.6 Å². The number of thioether (sulfide) groups is 2. The average Bonchev–Trinajstić information content (AvgIpc) is 2.76. The zero-order valence-corrected chi connectivity index (χ0v) is 11.7. The molecule has 7 heteroatoms. The molecule has 1 aliphatic heterocycles. The number of alkyl halides is 1. The lowest BCUT2D eigenvalue weighted by Crippen LogP contribution is -2.40. The summed E-state index contributed by atoms with van der Waals surface area (Å²) >= 11 is 9.34. The first kappa shape index (κ1) is 13.0. The van der Waals surface area contributed by atoms with Crippen molar-refractivity contribution in [1.82, 2.24) is 0 Å². The maximum absolute atomic E-state index is 11.5. The van der Waals surface area contributed by atoms with Gasteiger partial charge in [0.1, 0.15) is 4.38 Å². The molecule has 17 heavy (non-hydrogen) atoms. The van der Waals surface area contributed by atoms with Crippen molar-refractivity contribution < 1.29 is 9.53 Å². The van der Waals surface area contributed by atoms with Crippen molar-refractivity contribution >= 4 is 51.2 Å². The summed E-state index contributed by atoms with van der Waals surface area (Å²) in [6.45, 7) is 0. The molecular formula is C10H11ClN2O2S2. The number of esters is 1. The van der Waals surface area contributed by atoms with Crippen molar-refractivity contribution in [3.8, 4) is 0 Å². The molecule has 3 unspecified atom stereocenters. The third-order valence-corrected chi connectivity index (χ3v) is 5.61. The molecule has 0 fully saturated rings. The summed E-state index contributed by atoms with van der Waals surface area (Å²) in [4.78, 5) is 16.0. The number of hydrogen-bond acceptors (Lipinski definition) is 6. The van der Waals surface area contributed by atoms with Gasteiger partial charge in [0.25, 0.3) is 0 Å². The van der Waals surface area contributed by atoms with E-state index in [1.165, 1.54) is 7.11 Å². The maximum Gasteiger partial charge on any atom is 0.339 e. The Morgan fingerprint density at radius 2 is 2.41 bits per heavy atom. The van der Waals surface area contributed by atoms with Crippen molar-refractivity contribution in [1.29, 1.82) is 5.41 Å². The van der Waals surface area contributed by atoms with Crippen molar-refractivity contribution in [3.05, 3.63) is 11.6 Å². The van der Waals surface area contributed by atoms with Crippen LogP contribution in [0.1, 0.15) is 0 Å². The first-order chi connectivity index (χ1) is 8.08. The number of hydrogen-bond donors (Lipinski definition) is 1. The highest BCUT2D eigenvalue weighted by molar-refractivity contribution is 8.39. The van der Waals surface area contributed by atoms with E-state index in [0.717, 1.165) is 4.38 Å². The molecule has 0 aromatic rings. The molecule has 0 radical (unpaired) electrons. The first-order valence-corrected chi connectivity index (χ1v) is 7.44. The van der Waals surface area contributed by atoms with Crippen LogP contribution in [0.15, 0.2) is 16.6 Å². The van der Waals surface area contributed by atoms with Gasteiger partial charge in [-0.1, -0.05) is 11.8 Å². The lowest BCUT2D eigenvalue weighted by molar-refractivity contribution is -0.135. The van der Waals surface area contributed by atoms with Crippen LogP contribution < -0.4 is 0 Å². The highest BCUT2D eigenvalue weighted by Gasteiger charge is 2.42. The molecule has 92 valence electrons. The minimum absolute atomic E-state index is 0.0139. The lowest BCUT2D eigenvalue weighted by Gasteiger charge is -2.26. The molecule has 0 aromatic heterocycles. The molecule has 1 aliphatic carbocycles. The Hall–Kier alpha value is -0.460. The molecular weight excluding hydrogens is 280 g/mol. The maximum atomic E-state index is 11.5. The number of carbonyl (C=O) groups excluding carboxylic acids is 1. The third kappa shape index (κ3) is 2.26. The van der Waals surface area contributed by atoms with Crippen LogP contribution in [-0.2, 0) is 9.53 Å². The highest BCUT2D eigenvalue weighted by Crippen LogP contribution is 2.40. The Labute approximate surface area is 113 Å². The fourth-order valence-corrected chi connectivity index (χ4v) is 4.05. The van der Waals surface area contributed by atoms with E-state index in [1.807, 2.05) is 6.26 Å². The SMILES string of the molecule is COC(=O)C1=CC2N=C(SC)SC2C(Cl)C1=N. The van der Waals surface area contributed by atoms with Crippen LogP contribution in [0.5, 0.6) is 0 Å². The molecule has 0 saturated heterocycles. The Morgan fingerprint density at radius 3 is 3.00 bits per heavy atom. The Morgan fingerprint density at radius 1 is 1.71 bits per heavy atom. The van der Waals surface area contributed by atoms with E-state index >= 15 is 0 Å². The van der Waals surface area contributed by atoms with E-state index in [2.05, 4.69) is 9.73 Å². The second kappa shape index (κ2) is 5.04. The topological polar surface area (TPSA) is 62.5 Å². The number of ether oxygens (including phenoxy) is 1. The van der Waals surface area contributed by atoms with E-state index in [1.54, 1.807) is 29.6 Å². The summed E-state index contributed by atoms with van der Waals surface area (Å²) in [6, 6.07) is -0.131. The van der Waals surface area contributed by atoms with Crippen LogP contribution in [0.25, 0.3) is 0 Å². The largest absolute Gasteiger partial charge is 0.465 e. The number of aliphatic imine (C=N–C) groups is 1. The van der Waals surface area contributed by atoms with Gasteiger partial charge < -0.3 is 10.1 Å². The summed E-state index contributed by atoms with van der Waals surface area (Å²) in [5.41, 5.74) is 0.366. The summed E-state index contributed by atoms with van der Waals surface area (Å²) in [5, 5.41) is 7.40. The highest BCUT2D eigenvalue weighted by atomic mass is 35.5. The van der Waals surface area contributed by atoms with Gasteiger partial charge in [-0.25, -0.2) is 4.79 Å². The monoisotopic (exact) mass is 290 g/mol. The molecule has 0 saturated carbocycles. The van der Waals surface area contributed by atoms with E-state index in [4.69, 9.17) is 17.0 Å². The average molecular weight is 291 g/mol. The van der Waals surface area contributed by atoms with Crippen LogP contribution in [0.3, 0.4) is 0 Å². The van der Waals surface area contributed by atoms with E-state index in [9.17, 15) is 4.79 Å². The zero-order chi connectivity index (χ0) is 12.6. The van der Waals surface area contributed by atoms with Crippen LogP contribution in [0.2, 0.25) is 0 Å². The van der Waals surface area contributed by atoms with Crippen molar-refractivity contribution in [2.24, 2.45) is 4.99 Å². The molecule has 0 bridgehead atoms. The predicted octanol–water partition coefficient (Wildman–Crippen LogP) is 1.93. The van der Waals surface area contributed by atoms with Gasteiger partial charge in [-0.05, 0) is 12.3 Å². The molecule has 2 rings (SSSR count). The smallest absolute Gasteiger partial charge is 0.339 e. The molecule has 1 N–H and O–H groups in total. The number of rotatable bonds is 1. The number of nitrogens with zero attached hydrogens (tertiary/aromatic N) is 1. The fourth-order valence-electron chi connectivity index (χ4n) is 1.74. The molecule has 1 heterocycles. The predicted molar refractivity (Wildman–Crippen MR) is 73.6 cm³/mol. The second-order valence-corrected chi connectivity index (χ2v) is 6.25. The normalized spacial score (nSPS) is 31.7. The first-order valence-electron chi connectivity index (χ1n) is 4.90. The minimum Gasteiger partial charge on any atom is -0.465 e. The zero-order valence-electron chi connectivity index (χ0n) is 9.27. The van der Waals surface area contributed by atoms with Crippen molar-refractivity contribution in [2.75, 3.05) is 13.4 Å². The lowest BCUT2D eigenvalue weighted by atomic mass is 9.93. The third-order valence-electron chi connectivity index (χ3n) is 2.60. The Balaban J connectivity index is 2.33. The van der Waals surface area contributed by atoms with Crippen LogP contribution >= 0.6 is 35.1 Å². The number of carbonyl (C=O) groups is 1. The number of fused-ring (bicyclic) bond motifs is 1. The van der Waals surface area contributed by atoms with Gasteiger partial charge in [-0.2, -0.15) is 0 Å². The van der Waals surface area contributed by atoms with Gasteiger partial charge in [-0.15, -0.1) is 23.4 Å². The Bertz CT molecular complexity index is 436. The number of halogens is 1. The Kier molecular flexibility index (Phi) is 3.85. The van der Waals surface area contributed by atoms with E-state index < -0.39 is 11.3 Å². The number of nitrogens with one attached hydrogen (secondary N) is 1. The summed E-state index contributed by atoms with van der Waals surface area (Å²) in [6.07, 6.45) is 3.64. The molecule has 2 aliphatic rings. The van der Waals surface area contributed by atoms with Crippen LogP contribution in [0.4, 0.5) is 0 Å². The number of methoxy groups -OCH3 is 1. The molecule has 0 aromatic carbocycles. The second-order valence-electron chi connectivity index (χ2n) is 3.56. The molecule has 3 atom stereocenters. The summed E-state index contributed by atoms with van der Waals surface area (Å²) in [5.74, 6) is -0.517. The van der Waals surface area contributed by atoms with Gasteiger partial charge in [0.15, 0.2) is 0 Å².